The first-order chi connectivity index (χ1) is 9.67. The van der Waals surface area contributed by atoms with Crippen LogP contribution in [0, 0.1) is 5.82 Å². The Morgan fingerprint density at radius 2 is 2.15 bits per heavy atom. The van der Waals surface area contributed by atoms with Gasteiger partial charge in [0.1, 0.15) is 11.6 Å². The van der Waals surface area contributed by atoms with Crippen molar-refractivity contribution < 1.29 is 4.39 Å². The van der Waals surface area contributed by atoms with Crippen LogP contribution in [-0.2, 0) is 6.42 Å². The number of rotatable bonds is 7. The molecular formula is C16H22ClFN2. The zero-order valence-corrected chi connectivity index (χ0v) is 13.0. The molecule has 0 N–H and O–H groups in total. The SMILES string of the molecule is CCCCCC(C)n1c(CCCl)nc2cc(F)ccc21. The number of hydrogen-bond donors (Lipinski definition) is 0. The standard InChI is InChI=1S/C16H22ClFN2/c1-3-4-5-6-12(2)20-15-8-7-13(18)11-14(15)19-16(20)9-10-17/h7-8,11-12H,3-6,9-10H2,1-2H3. The van der Waals surface area contributed by atoms with E-state index in [0.717, 1.165) is 29.7 Å². The Hall–Kier alpha value is -1.09. The molecule has 0 aliphatic carbocycles. The Bertz CT molecular complexity index is 565. The van der Waals surface area contributed by atoms with Crippen molar-refractivity contribution in [1.29, 1.82) is 0 Å². The van der Waals surface area contributed by atoms with Crippen LogP contribution in [0.3, 0.4) is 0 Å². The van der Waals surface area contributed by atoms with Gasteiger partial charge in [-0.15, -0.1) is 11.6 Å². The zero-order chi connectivity index (χ0) is 14.5. The van der Waals surface area contributed by atoms with E-state index in [9.17, 15) is 4.39 Å². The summed E-state index contributed by atoms with van der Waals surface area (Å²) in [6.45, 7) is 4.41. The minimum atomic E-state index is -0.238. The fraction of sp³-hybridized carbons (Fsp3) is 0.562. The van der Waals surface area contributed by atoms with Crippen molar-refractivity contribution >= 4 is 22.6 Å². The summed E-state index contributed by atoms with van der Waals surface area (Å²) in [6.07, 6.45) is 5.51. The molecule has 20 heavy (non-hydrogen) atoms. The molecule has 1 aromatic carbocycles. The number of aryl methyl sites for hydroxylation is 1. The van der Waals surface area contributed by atoms with Crippen molar-refractivity contribution in [3.8, 4) is 0 Å². The lowest BCUT2D eigenvalue weighted by molar-refractivity contribution is 0.474. The van der Waals surface area contributed by atoms with E-state index in [1.807, 2.05) is 6.07 Å². The molecule has 1 atom stereocenters. The molecule has 2 aromatic rings. The molecule has 0 aliphatic rings. The van der Waals surface area contributed by atoms with Gasteiger partial charge < -0.3 is 4.57 Å². The summed E-state index contributed by atoms with van der Waals surface area (Å²) in [6, 6.07) is 5.20. The number of hydrogen-bond acceptors (Lipinski definition) is 1. The number of benzene rings is 1. The number of aromatic nitrogens is 2. The number of alkyl halides is 1. The lowest BCUT2D eigenvalue weighted by Crippen LogP contribution is -2.10. The second-order valence-electron chi connectivity index (χ2n) is 5.31. The number of nitrogens with zero attached hydrogens (tertiary/aromatic N) is 2. The normalized spacial score (nSPS) is 13.0. The first-order valence-electron chi connectivity index (χ1n) is 7.39. The predicted octanol–water partition coefficient (Wildman–Crippen LogP) is 5.10. The third-order valence-corrected chi connectivity index (χ3v) is 3.90. The Morgan fingerprint density at radius 1 is 1.35 bits per heavy atom. The highest BCUT2D eigenvalue weighted by Crippen LogP contribution is 2.25. The van der Waals surface area contributed by atoms with Gasteiger partial charge in [-0.05, 0) is 25.5 Å². The molecule has 2 nitrogen and oxygen atoms in total. The van der Waals surface area contributed by atoms with Crippen molar-refractivity contribution in [2.24, 2.45) is 0 Å². The van der Waals surface area contributed by atoms with Gasteiger partial charge in [0.25, 0.3) is 0 Å². The molecule has 0 spiro atoms. The summed E-state index contributed by atoms with van der Waals surface area (Å²) in [4.78, 5) is 4.55. The number of unbranched alkanes of at least 4 members (excludes halogenated alkanes) is 2. The van der Waals surface area contributed by atoms with Crippen molar-refractivity contribution in [2.45, 2.75) is 52.0 Å². The molecule has 1 unspecified atom stereocenters. The van der Waals surface area contributed by atoms with E-state index >= 15 is 0 Å². The third-order valence-electron chi connectivity index (χ3n) is 3.71. The monoisotopic (exact) mass is 296 g/mol. The molecule has 0 aliphatic heterocycles. The van der Waals surface area contributed by atoms with E-state index in [4.69, 9.17) is 11.6 Å². The van der Waals surface area contributed by atoms with Gasteiger partial charge in [0, 0.05) is 24.4 Å². The summed E-state index contributed by atoms with van der Waals surface area (Å²) in [5, 5.41) is 0. The van der Waals surface area contributed by atoms with Crippen LogP contribution in [0.25, 0.3) is 11.0 Å². The zero-order valence-electron chi connectivity index (χ0n) is 12.2. The minimum Gasteiger partial charge on any atom is -0.325 e. The Balaban J connectivity index is 2.34. The topological polar surface area (TPSA) is 17.8 Å². The van der Waals surface area contributed by atoms with Gasteiger partial charge in [0.15, 0.2) is 0 Å². The van der Waals surface area contributed by atoms with E-state index in [0.29, 0.717) is 11.9 Å². The van der Waals surface area contributed by atoms with Crippen LogP contribution >= 0.6 is 11.6 Å². The fourth-order valence-electron chi connectivity index (χ4n) is 2.69. The quantitative estimate of drug-likeness (QED) is 0.513. The van der Waals surface area contributed by atoms with Crippen LogP contribution in [-0.4, -0.2) is 15.4 Å². The molecule has 0 fully saturated rings. The molecule has 1 aromatic heterocycles. The van der Waals surface area contributed by atoms with Crippen LogP contribution in [0.4, 0.5) is 4.39 Å². The molecule has 4 heteroatoms. The second-order valence-corrected chi connectivity index (χ2v) is 5.69. The molecule has 1 heterocycles. The lowest BCUT2D eigenvalue weighted by Gasteiger charge is -2.17. The average Bonchev–Trinajstić information content (AvgIpc) is 2.76. The van der Waals surface area contributed by atoms with Crippen LogP contribution in [0.15, 0.2) is 18.2 Å². The van der Waals surface area contributed by atoms with Gasteiger partial charge in [-0.1, -0.05) is 26.2 Å². The third kappa shape index (κ3) is 3.32. The molecule has 0 amide bonds. The summed E-state index contributed by atoms with van der Waals surface area (Å²) in [5.74, 6) is 1.26. The molecule has 0 radical (unpaired) electrons. The maximum absolute atomic E-state index is 13.3. The van der Waals surface area contributed by atoms with E-state index in [2.05, 4.69) is 23.4 Å². The second kappa shape index (κ2) is 7.07. The highest BCUT2D eigenvalue weighted by molar-refractivity contribution is 6.17. The maximum atomic E-state index is 13.3. The Morgan fingerprint density at radius 3 is 2.85 bits per heavy atom. The molecule has 0 bridgehead atoms. The maximum Gasteiger partial charge on any atom is 0.125 e. The number of halogens is 2. The van der Waals surface area contributed by atoms with Gasteiger partial charge in [-0.25, -0.2) is 9.37 Å². The first-order valence-corrected chi connectivity index (χ1v) is 7.93. The molecule has 0 saturated heterocycles. The number of imidazole rings is 1. The summed E-state index contributed by atoms with van der Waals surface area (Å²) in [5.41, 5.74) is 1.74. The first kappa shape index (κ1) is 15.3. The Labute approximate surface area is 125 Å². The fourth-order valence-corrected chi connectivity index (χ4v) is 2.86. The van der Waals surface area contributed by atoms with Crippen LogP contribution in [0.1, 0.15) is 51.4 Å². The van der Waals surface area contributed by atoms with Crippen molar-refractivity contribution in [3.05, 3.63) is 29.8 Å². The largest absolute Gasteiger partial charge is 0.325 e. The predicted molar refractivity (Wildman–Crippen MR) is 83.0 cm³/mol. The van der Waals surface area contributed by atoms with Gasteiger partial charge in [0.2, 0.25) is 0 Å². The number of fused-ring (bicyclic) bond motifs is 1. The van der Waals surface area contributed by atoms with Crippen LogP contribution in [0.5, 0.6) is 0 Å². The Kier molecular flexibility index (Phi) is 5.41. The lowest BCUT2D eigenvalue weighted by atomic mass is 10.1. The molecule has 2 rings (SSSR count). The highest BCUT2D eigenvalue weighted by atomic mass is 35.5. The van der Waals surface area contributed by atoms with Crippen molar-refractivity contribution in [1.82, 2.24) is 9.55 Å². The average molecular weight is 297 g/mol. The van der Waals surface area contributed by atoms with Crippen LogP contribution in [0.2, 0.25) is 0 Å². The van der Waals surface area contributed by atoms with Crippen molar-refractivity contribution in [2.75, 3.05) is 5.88 Å². The summed E-state index contributed by atoms with van der Waals surface area (Å²) >= 11 is 5.87. The van der Waals surface area contributed by atoms with Gasteiger partial charge in [-0.2, -0.15) is 0 Å². The van der Waals surface area contributed by atoms with E-state index < -0.39 is 0 Å². The van der Waals surface area contributed by atoms with Gasteiger partial charge in [0.05, 0.1) is 11.0 Å². The molecule has 0 saturated carbocycles. The molecular weight excluding hydrogens is 275 g/mol. The van der Waals surface area contributed by atoms with E-state index in [1.165, 1.54) is 31.4 Å². The van der Waals surface area contributed by atoms with Gasteiger partial charge in [-0.3, -0.25) is 0 Å². The smallest absolute Gasteiger partial charge is 0.125 e. The van der Waals surface area contributed by atoms with Crippen LogP contribution < -0.4 is 0 Å². The van der Waals surface area contributed by atoms with E-state index in [1.54, 1.807) is 0 Å². The molecule has 110 valence electrons. The summed E-state index contributed by atoms with van der Waals surface area (Å²) in [7, 11) is 0. The van der Waals surface area contributed by atoms with Gasteiger partial charge >= 0.3 is 0 Å². The summed E-state index contributed by atoms with van der Waals surface area (Å²) < 4.78 is 15.6. The van der Waals surface area contributed by atoms with Crippen molar-refractivity contribution in [3.63, 3.8) is 0 Å². The highest BCUT2D eigenvalue weighted by Gasteiger charge is 2.15. The minimum absolute atomic E-state index is 0.238. The van der Waals surface area contributed by atoms with E-state index in [-0.39, 0.29) is 5.82 Å².